The van der Waals surface area contributed by atoms with Crippen molar-refractivity contribution in [3.63, 3.8) is 0 Å². The highest BCUT2D eigenvalue weighted by Crippen LogP contribution is 2.55. The van der Waals surface area contributed by atoms with E-state index in [1.165, 1.54) is 0 Å². The van der Waals surface area contributed by atoms with Crippen molar-refractivity contribution in [3.8, 4) is 5.75 Å². The fourth-order valence-corrected chi connectivity index (χ4v) is 4.46. The summed E-state index contributed by atoms with van der Waals surface area (Å²) >= 11 is 12.1. The van der Waals surface area contributed by atoms with Crippen molar-refractivity contribution < 1.29 is 13.8 Å². The molecule has 3 atom stereocenters. The van der Waals surface area contributed by atoms with Gasteiger partial charge in [-0.25, -0.2) is 0 Å². The summed E-state index contributed by atoms with van der Waals surface area (Å²) in [5.74, 6) is 0.694. The Bertz CT molecular complexity index is 719. The van der Waals surface area contributed by atoms with Gasteiger partial charge in [-0.3, -0.25) is 0 Å². The molecule has 0 spiro atoms. The summed E-state index contributed by atoms with van der Waals surface area (Å²) in [6, 6.07) is 14.7. The quantitative estimate of drug-likeness (QED) is 0.403. The van der Waals surface area contributed by atoms with Crippen LogP contribution in [0.1, 0.15) is 17.6 Å². The number of ether oxygens (including phenoxy) is 1. The molecule has 0 saturated carbocycles. The van der Waals surface area contributed by atoms with Gasteiger partial charge in [-0.15, -0.1) is 0 Å². The number of hydrogen-bond acceptors (Lipinski definition) is 3. The number of hydrogen-bond donors (Lipinski definition) is 0. The Balaban J connectivity index is 2.24. The Morgan fingerprint density at radius 2 is 1.75 bits per heavy atom. The summed E-state index contributed by atoms with van der Waals surface area (Å²) in [4.78, 5) is 0. The van der Waals surface area contributed by atoms with Crippen LogP contribution in [-0.4, -0.2) is 19.6 Å². The van der Waals surface area contributed by atoms with Gasteiger partial charge < -0.3 is 13.8 Å². The summed E-state index contributed by atoms with van der Waals surface area (Å²) < 4.78 is 24.0. The minimum Gasteiger partial charge on any atom is -0.465 e. The summed E-state index contributed by atoms with van der Waals surface area (Å²) in [7, 11) is -0.263. The monoisotopic (exact) mass is 404 g/mol. The average molecular weight is 405 g/mol. The number of halogens is 2. The van der Waals surface area contributed by atoms with E-state index in [2.05, 4.69) is 9.47 Å². The Kier molecular flexibility index (Phi) is 7.16. The Morgan fingerprint density at radius 3 is 2.29 bits per heavy atom. The van der Waals surface area contributed by atoms with Crippen molar-refractivity contribution in [2.24, 2.45) is 0 Å². The average Bonchev–Trinajstić information content (AvgIpc) is 2.54. The highest BCUT2D eigenvalue weighted by Gasteiger charge is 2.29. The topological polar surface area (TPSA) is 35.5 Å². The lowest BCUT2D eigenvalue weighted by atomic mass is 10.1. The SMILES string of the molecule is CP(C)(=O)C(CC(OP)Oc1ccccc1)c1ccc(Cl)c(Cl)c1. The highest BCUT2D eigenvalue weighted by atomic mass is 35.5. The Labute approximate surface area is 155 Å². The first kappa shape index (κ1) is 19.8. The second kappa shape index (κ2) is 8.70. The molecular weight excluding hydrogens is 385 g/mol. The molecule has 0 bridgehead atoms. The molecule has 24 heavy (non-hydrogen) atoms. The van der Waals surface area contributed by atoms with E-state index >= 15 is 0 Å². The van der Waals surface area contributed by atoms with E-state index in [9.17, 15) is 4.57 Å². The van der Waals surface area contributed by atoms with Gasteiger partial charge in [0.15, 0.2) is 0 Å². The van der Waals surface area contributed by atoms with E-state index in [-0.39, 0.29) is 5.66 Å². The summed E-state index contributed by atoms with van der Waals surface area (Å²) in [5.41, 5.74) is 0.614. The normalized spacial score (nSPS) is 14.2. The van der Waals surface area contributed by atoms with Gasteiger partial charge in [0.25, 0.3) is 0 Å². The molecule has 0 aliphatic carbocycles. The number of para-hydroxylation sites is 1. The maximum absolute atomic E-state index is 12.8. The Hall–Kier alpha value is -0.560. The molecule has 0 radical (unpaired) electrons. The smallest absolute Gasteiger partial charge is 0.203 e. The maximum Gasteiger partial charge on any atom is 0.203 e. The molecule has 0 aliphatic heterocycles. The van der Waals surface area contributed by atoms with E-state index in [4.69, 9.17) is 32.5 Å². The van der Waals surface area contributed by atoms with E-state index in [1.54, 1.807) is 25.5 Å². The van der Waals surface area contributed by atoms with Gasteiger partial charge in [0, 0.05) is 21.5 Å². The lowest BCUT2D eigenvalue weighted by molar-refractivity contribution is 0.0138. The molecule has 0 aliphatic rings. The molecule has 130 valence electrons. The summed E-state index contributed by atoms with van der Waals surface area (Å²) in [6.45, 7) is 3.51. The first-order chi connectivity index (χ1) is 11.3. The second-order valence-electron chi connectivity index (χ2n) is 5.86. The third-order valence-electron chi connectivity index (χ3n) is 3.66. The van der Waals surface area contributed by atoms with Crippen LogP contribution in [0.4, 0.5) is 0 Å². The van der Waals surface area contributed by atoms with Gasteiger partial charge in [0.05, 0.1) is 17.2 Å². The van der Waals surface area contributed by atoms with Gasteiger partial charge in [-0.2, -0.15) is 0 Å². The van der Waals surface area contributed by atoms with Gasteiger partial charge in [0.1, 0.15) is 5.75 Å². The van der Waals surface area contributed by atoms with Crippen molar-refractivity contribution in [1.82, 2.24) is 0 Å². The first-order valence-corrected chi connectivity index (χ1v) is 11.3. The summed E-state index contributed by atoms with van der Waals surface area (Å²) in [6.07, 6.45) is -0.120. The van der Waals surface area contributed by atoms with E-state index in [0.717, 1.165) is 5.56 Å². The third-order valence-corrected chi connectivity index (χ3v) is 6.71. The fraction of sp³-hybridized carbons (Fsp3) is 0.294. The van der Waals surface area contributed by atoms with Crippen molar-refractivity contribution in [2.75, 3.05) is 13.3 Å². The van der Waals surface area contributed by atoms with Gasteiger partial charge in [-0.05, 0) is 43.2 Å². The van der Waals surface area contributed by atoms with E-state index < -0.39 is 13.4 Å². The van der Waals surface area contributed by atoms with Crippen LogP contribution in [0.25, 0.3) is 0 Å². The lowest BCUT2D eigenvalue weighted by Gasteiger charge is -2.26. The summed E-state index contributed by atoms with van der Waals surface area (Å²) in [5, 5.41) is 0.917. The van der Waals surface area contributed by atoms with Crippen LogP contribution < -0.4 is 4.74 Å². The zero-order chi connectivity index (χ0) is 17.7. The van der Waals surface area contributed by atoms with Crippen LogP contribution in [0, 0.1) is 0 Å². The van der Waals surface area contributed by atoms with Crippen LogP contribution >= 0.6 is 39.8 Å². The minimum absolute atomic E-state index is 0.249. The molecule has 7 heteroatoms. The predicted octanol–water partition coefficient (Wildman–Crippen LogP) is 6.26. The highest BCUT2D eigenvalue weighted by molar-refractivity contribution is 7.62. The Morgan fingerprint density at radius 1 is 1.08 bits per heavy atom. The molecule has 0 heterocycles. The molecule has 3 unspecified atom stereocenters. The third kappa shape index (κ3) is 5.48. The predicted molar refractivity (Wildman–Crippen MR) is 105 cm³/mol. The van der Waals surface area contributed by atoms with Crippen molar-refractivity contribution in [3.05, 3.63) is 64.1 Å². The lowest BCUT2D eigenvalue weighted by Crippen LogP contribution is -2.20. The molecular formula is C17H20Cl2O3P2. The first-order valence-electron chi connectivity index (χ1n) is 7.38. The van der Waals surface area contributed by atoms with Gasteiger partial charge >= 0.3 is 0 Å². The van der Waals surface area contributed by atoms with E-state index in [0.29, 0.717) is 22.2 Å². The van der Waals surface area contributed by atoms with Gasteiger partial charge in [-0.1, -0.05) is 47.5 Å². The van der Waals surface area contributed by atoms with Crippen molar-refractivity contribution >= 4 is 39.8 Å². The number of benzene rings is 2. The number of rotatable bonds is 7. The van der Waals surface area contributed by atoms with Crippen molar-refractivity contribution in [2.45, 2.75) is 18.4 Å². The van der Waals surface area contributed by atoms with Crippen LogP contribution in [0.3, 0.4) is 0 Å². The fourth-order valence-electron chi connectivity index (χ4n) is 2.43. The van der Waals surface area contributed by atoms with E-state index in [1.807, 2.05) is 36.4 Å². The molecule has 2 aromatic carbocycles. The zero-order valence-corrected chi connectivity index (χ0v) is 17.0. The largest absolute Gasteiger partial charge is 0.465 e. The van der Waals surface area contributed by atoms with Crippen LogP contribution in [-0.2, 0) is 9.09 Å². The standard InChI is InChI=1S/C17H20Cl2O3P2/c1-24(2,20)16(12-8-9-14(18)15(19)10-12)11-17(22-23)21-13-6-4-3-5-7-13/h3-10,16-17H,11,23H2,1-2H3. The maximum atomic E-state index is 12.8. The van der Waals surface area contributed by atoms with Crippen LogP contribution in [0.5, 0.6) is 5.75 Å². The minimum atomic E-state index is -2.48. The molecule has 0 amide bonds. The molecule has 0 fully saturated rings. The van der Waals surface area contributed by atoms with Crippen molar-refractivity contribution in [1.29, 1.82) is 0 Å². The molecule has 2 aromatic rings. The molecule has 3 nitrogen and oxygen atoms in total. The van der Waals surface area contributed by atoms with Gasteiger partial charge in [0.2, 0.25) is 6.29 Å². The molecule has 0 aromatic heterocycles. The van der Waals surface area contributed by atoms with Crippen LogP contribution in [0.15, 0.2) is 48.5 Å². The van der Waals surface area contributed by atoms with Crippen LogP contribution in [0.2, 0.25) is 10.0 Å². The molecule has 0 N–H and O–H groups in total. The molecule has 0 saturated heterocycles. The molecule has 2 rings (SSSR count). The second-order valence-corrected chi connectivity index (χ2v) is 10.4. The zero-order valence-electron chi connectivity index (χ0n) is 13.5.